The number of likely N-dealkylation sites (N-methyl/N-ethyl adjacent to an activating group) is 1. The number of carbonyl (C=O) groups is 1. The largest absolute Gasteiger partial charge is 0.481 e. The molecule has 1 aromatic heterocycles. The van der Waals surface area contributed by atoms with Gasteiger partial charge in [-0.05, 0) is 7.05 Å². The molecule has 1 saturated heterocycles. The third kappa shape index (κ3) is 3.49. The normalized spacial score (nSPS) is 21.6. The van der Waals surface area contributed by atoms with Gasteiger partial charge in [-0.15, -0.1) is 11.3 Å². The summed E-state index contributed by atoms with van der Waals surface area (Å²) in [6, 6.07) is 0. The molecule has 0 amide bonds. The van der Waals surface area contributed by atoms with Crippen LogP contribution in [0.15, 0.2) is 5.38 Å². The second kappa shape index (κ2) is 5.57. The van der Waals surface area contributed by atoms with E-state index in [4.69, 9.17) is 9.84 Å². The summed E-state index contributed by atoms with van der Waals surface area (Å²) in [7, 11) is 2.06. The van der Waals surface area contributed by atoms with Crippen molar-refractivity contribution in [2.24, 2.45) is 0 Å². The van der Waals surface area contributed by atoms with Crippen molar-refractivity contribution in [2.75, 3.05) is 26.7 Å². The molecule has 0 spiro atoms. The Labute approximate surface area is 104 Å². The average Bonchev–Trinajstić information content (AvgIpc) is 2.75. The van der Waals surface area contributed by atoms with Crippen LogP contribution in [-0.4, -0.2) is 47.7 Å². The van der Waals surface area contributed by atoms with Crippen LogP contribution < -0.4 is 0 Å². The lowest BCUT2D eigenvalue weighted by atomic mass is 10.2. The number of morpholine rings is 1. The SMILES string of the molecule is CN1CCOC(c2nc(CCC(=O)O)cs2)C1. The van der Waals surface area contributed by atoms with Crippen LogP contribution in [0.25, 0.3) is 0 Å². The number of hydrogen-bond acceptors (Lipinski definition) is 5. The first-order chi connectivity index (χ1) is 8.15. The number of aryl methyl sites for hydroxylation is 1. The molecule has 1 fully saturated rings. The summed E-state index contributed by atoms with van der Waals surface area (Å²) in [4.78, 5) is 17.1. The van der Waals surface area contributed by atoms with Crippen molar-refractivity contribution in [3.05, 3.63) is 16.1 Å². The van der Waals surface area contributed by atoms with Crippen molar-refractivity contribution in [1.29, 1.82) is 0 Å². The van der Waals surface area contributed by atoms with Gasteiger partial charge in [-0.3, -0.25) is 4.79 Å². The van der Waals surface area contributed by atoms with Crippen molar-refractivity contribution in [3.63, 3.8) is 0 Å². The first-order valence-corrected chi connectivity index (χ1v) is 6.49. The highest BCUT2D eigenvalue weighted by molar-refractivity contribution is 7.09. The summed E-state index contributed by atoms with van der Waals surface area (Å²) in [5.41, 5.74) is 0.851. The van der Waals surface area contributed by atoms with E-state index in [0.717, 1.165) is 30.4 Å². The third-order valence-electron chi connectivity index (χ3n) is 2.71. The Morgan fingerprint density at radius 1 is 1.76 bits per heavy atom. The second-order valence-electron chi connectivity index (χ2n) is 4.19. The molecule has 1 N–H and O–H groups in total. The molecule has 0 radical (unpaired) electrons. The number of thiazole rings is 1. The topological polar surface area (TPSA) is 62.7 Å². The predicted molar refractivity (Wildman–Crippen MR) is 64.3 cm³/mol. The zero-order valence-corrected chi connectivity index (χ0v) is 10.6. The maximum absolute atomic E-state index is 10.5. The molecule has 0 bridgehead atoms. The Hall–Kier alpha value is -0.980. The van der Waals surface area contributed by atoms with Gasteiger partial charge in [0.15, 0.2) is 0 Å². The summed E-state index contributed by atoms with van der Waals surface area (Å²) < 4.78 is 5.66. The molecular weight excluding hydrogens is 240 g/mol. The number of hydrogen-bond donors (Lipinski definition) is 1. The highest BCUT2D eigenvalue weighted by Gasteiger charge is 2.22. The zero-order valence-electron chi connectivity index (χ0n) is 9.76. The predicted octanol–water partition coefficient (Wildman–Crippen LogP) is 1.16. The van der Waals surface area contributed by atoms with Crippen LogP contribution in [0.4, 0.5) is 0 Å². The minimum atomic E-state index is -0.784. The van der Waals surface area contributed by atoms with Gasteiger partial charge in [0, 0.05) is 24.9 Å². The summed E-state index contributed by atoms with van der Waals surface area (Å²) in [5.74, 6) is -0.784. The van der Waals surface area contributed by atoms with Crippen molar-refractivity contribution in [2.45, 2.75) is 18.9 Å². The van der Waals surface area contributed by atoms with Crippen LogP contribution in [0.5, 0.6) is 0 Å². The fraction of sp³-hybridized carbons (Fsp3) is 0.636. The highest BCUT2D eigenvalue weighted by Crippen LogP contribution is 2.25. The van der Waals surface area contributed by atoms with Crippen LogP contribution in [0.1, 0.15) is 23.2 Å². The van der Waals surface area contributed by atoms with Gasteiger partial charge in [0.25, 0.3) is 0 Å². The van der Waals surface area contributed by atoms with Crippen LogP contribution in [0.2, 0.25) is 0 Å². The molecule has 0 aromatic carbocycles. The van der Waals surface area contributed by atoms with E-state index in [0.29, 0.717) is 6.42 Å². The first-order valence-electron chi connectivity index (χ1n) is 5.61. The molecule has 1 atom stereocenters. The van der Waals surface area contributed by atoms with E-state index in [9.17, 15) is 4.79 Å². The van der Waals surface area contributed by atoms with Gasteiger partial charge in [0.05, 0.1) is 18.7 Å². The van der Waals surface area contributed by atoms with Crippen LogP contribution in [0.3, 0.4) is 0 Å². The number of rotatable bonds is 4. The van der Waals surface area contributed by atoms with E-state index in [1.165, 1.54) is 0 Å². The van der Waals surface area contributed by atoms with Gasteiger partial charge in [-0.1, -0.05) is 0 Å². The summed E-state index contributed by atoms with van der Waals surface area (Å²) in [5, 5.41) is 11.5. The quantitative estimate of drug-likeness (QED) is 0.876. The number of nitrogens with zero attached hydrogens (tertiary/aromatic N) is 2. The van der Waals surface area contributed by atoms with Crippen molar-refractivity contribution in [3.8, 4) is 0 Å². The Morgan fingerprint density at radius 3 is 3.29 bits per heavy atom. The average molecular weight is 256 g/mol. The minimum Gasteiger partial charge on any atom is -0.481 e. The number of carboxylic acid groups (broad SMARTS) is 1. The summed E-state index contributed by atoms with van der Waals surface area (Å²) >= 11 is 1.55. The molecule has 6 heteroatoms. The monoisotopic (exact) mass is 256 g/mol. The smallest absolute Gasteiger partial charge is 0.303 e. The van der Waals surface area contributed by atoms with Crippen LogP contribution >= 0.6 is 11.3 Å². The maximum Gasteiger partial charge on any atom is 0.303 e. The molecule has 0 saturated carbocycles. The fourth-order valence-electron chi connectivity index (χ4n) is 1.75. The van der Waals surface area contributed by atoms with E-state index >= 15 is 0 Å². The molecule has 5 nitrogen and oxygen atoms in total. The van der Waals surface area contributed by atoms with E-state index in [1.807, 2.05) is 5.38 Å². The van der Waals surface area contributed by atoms with E-state index in [1.54, 1.807) is 11.3 Å². The molecule has 2 heterocycles. The Kier molecular flexibility index (Phi) is 4.09. The highest BCUT2D eigenvalue weighted by atomic mass is 32.1. The molecule has 1 aliphatic rings. The fourth-order valence-corrected chi connectivity index (χ4v) is 2.64. The lowest BCUT2D eigenvalue weighted by Gasteiger charge is -2.28. The molecule has 0 aliphatic carbocycles. The molecular formula is C11H16N2O3S. The van der Waals surface area contributed by atoms with Crippen molar-refractivity contribution >= 4 is 17.3 Å². The van der Waals surface area contributed by atoms with Gasteiger partial charge in [0.1, 0.15) is 11.1 Å². The molecule has 2 rings (SSSR count). The second-order valence-corrected chi connectivity index (χ2v) is 5.08. The van der Waals surface area contributed by atoms with Gasteiger partial charge in [-0.25, -0.2) is 4.98 Å². The molecule has 1 aromatic rings. The molecule has 1 aliphatic heterocycles. The van der Waals surface area contributed by atoms with E-state index in [-0.39, 0.29) is 12.5 Å². The number of carboxylic acids is 1. The standard InChI is InChI=1S/C11H16N2O3S/c1-13-4-5-16-9(6-13)11-12-8(7-17-11)2-3-10(14)15/h7,9H,2-6H2,1H3,(H,14,15). The maximum atomic E-state index is 10.5. The van der Waals surface area contributed by atoms with Gasteiger partial charge < -0.3 is 14.7 Å². The Balaban J connectivity index is 1.95. The molecule has 1 unspecified atom stereocenters. The Morgan fingerprint density at radius 2 is 2.59 bits per heavy atom. The minimum absolute atomic E-state index is 0.0392. The lowest BCUT2D eigenvalue weighted by Crippen LogP contribution is -2.35. The summed E-state index contributed by atoms with van der Waals surface area (Å²) in [6.07, 6.45) is 0.667. The summed E-state index contributed by atoms with van der Waals surface area (Å²) in [6.45, 7) is 2.53. The van der Waals surface area contributed by atoms with E-state index < -0.39 is 5.97 Å². The number of aromatic nitrogens is 1. The van der Waals surface area contributed by atoms with Gasteiger partial charge >= 0.3 is 5.97 Å². The van der Waals surface area contributed by atoms with Gasteiger partial charge in [0.2, 0.25) is 0 Å². The van der Waals surface area contributed by atoms with Gasteiger partial charge in [-0.2, -0.15) is 0 Å². The zero-order chi connectivity index (χ0) is 12.3. The number of ether oxygens (including phenoxy) is 1. The lowest BCUT2D eigenvalue weighted by molar-refractivity contribution is -0.136. The third-order valence-corrected chi connectivity index (χ3v) is 3.70. The molecule has 17 heavy (non-hydrogen) atoms. The Bertz CT molecular complexity index is 394. The number of aliphatic carboxylic acids is 1. The van der Waals surface area contributed by atoms with Crippen molar-refractivity contribution < 1.29 is 14.6 Å². The van der Waals surface area contributed by atoms with E-state index in [2.05, 4.69) is 16.9 Å². The van der Waals surface area contributed by atoms with Crippen molar-refractivity contribution in [1.82, 2.24) is 9.88 Å². The van der Waals surface area contributed by atoms with Crippen LogP contribution in [-0.2, 0) is 16.0 Å². The first kappa shape index (κ1) is 12.5. The van der Waals surface area contributed by atoms with Crippen LogP contribution in [0, 0.1) is 0 Å². The molecule has 94 valence electrons.